The molecule has 0 amide bonds. The van der Waals surface area contributed by atoms with Gasteiger partial charge in [-0.15, -0.1) is 11.3 Å². The average molecular weight is 999 g/mol. The van der Waals surface area contributed by atoms with Gasteiger partial charge in [-0.2, -0.15) is 5.26 Å². The van der Waals surface area contributed by atoms with E-state index in [2.05, 4.69) is 59.4 Å². The van der Waals surface area contributed by atoms with Crippen LogP contribution in [0.3, 0.4) is 0 Å². The molecule has 2 aliphatic heterocycles. The first kappa shape index (κ1) is 47.7. The first-order chi connectivity index (χ1) is 33.8. The summed E-state index contributed by atoms with van der Waals surface area (Å²) >= 11 is 1.55. The van der Waals surface area contributed by atoms with Gasteiger partial charge in [0.15, 0.2) is 0 Å². The lowest BCUT2D eigenvalue weighted by molar-refractivity contribution is 0.122. The molecule has 10 rings (SSSR count). The number of morpholine rings is 2. The molecule has 0 aliphatic carbocycles. The van der Waals surface area contributed by atoms with Crippen LogP contribution in [0, 0.1) is 11.3 Å². The van der Waals surface area contributed by atoms with Gasteiger partial charge >= 0.3 is 0 Å². The highest BCUT2D eigenvalue weighted by atomic mass is 32.2. The summed E-state index contributed by atoms with van der Waals surface area (Å²) in [6, 6.07) is 32.6. The van der Waals surface area contributed by atoms with E-state index in [0.717, 1.165) is 136 Å². The van der Waals surface area contributed by atoms with Gasteiger partial charge in [0, 0.05) is 84.4 Å². The molecule has 0 spiro atoms. The maximum Gasteiger partial charge on any atom is 0.233 e. The van der Waals surface area contributed by atoms with E-state index in [1.807, 2.05) is 77.8 Å². The molecule has 0 unspecified atom stereocenters. The number of thiophene rings is 1. The molecule has 2 fully saturated rings. The number of ether oxygens (including phenoxy) is 2. The lowest BCUT2D eigenvalue weighted by atomic mass is 10.1. The van der Waals surface area contributed by atoms with Crippen molar-refractivity contribution in [3.05, 3.63) is 121 Å². The third-order valence-electron chi connectivity index (χ3n) is 11.6. The van der Waals surface area contributed by atoms with Crippen molar-refractivity contribution >= 4 is 98.7 Å². The van der Waals surface area contributed by atoms with Crippen LogP contribution in [-0.2, 0) is 36.6 Å². The van der Waals surface area contributed by atoms with Crippen LogP contribution in [0.25, 0.3) is 43.5 Å². The molecule has 18 nitrogen and oxygen atoms in total. The van der Waals surface area contributed by atoms with Crippen LogP contribution >= 0.6 is 11.3 Å². The summed E-state index contributed by atoms with van der Waals surface area (Å²) in [7, 11) is -4.98. The Balaban J connectivity index is 0.000000174. The molecule has 21 heteroatoms. The second-order valence-corrected chi connectivity index (χ2v) is 21.2. The number of aryl methyl sites for hydroxylation is 1. The monoisotopic (exact) mass is 998 g/mol. The van der Waals surface area contributed by atoms with Crippen molar-refractivity contribution < 1.29 is 26.3 Å². The normalized spacial score (nSPS) is 14.1. The molecule has 8 aromatic rings. The van der Waals surface area contributed by atoms with Crippen molar-refractivity contribution in [3.8, 4) is 28.3 Å². The number of nitriles is 1. The summed E-state index contributed by atoms with van der Waals surface area (Å²) in [5.41, 5.74) is 11.1. The van der Waals surface area contributed by atoms with Crippen molar-refractivity contribution in [2.24, 2.45) is 7.05 Å². The predicted octanol–water partition coefficient (Wildman–Crippen LogP) is 7.82. The largest absolute Gasteiger partial charge is 0.378 e. The topological polar surface area (TPSA) is 213 Å². The van der Waals surface area contributed by atoms with Crippen molar-refractivity contribution in [1.82, 2.24) is 24.5 Å². The Hall–Kier alpha value is -7.35. The molecule has 6 heterocycles. The molecule has 70 heavy (non-hydrogen) atoms. The van der Waals surface area contributed by atoms with E-state index < -0.39 is 20.0 Å². The molecule has 4 aromatic carbocycles. The first-order valence-electron chi connectivity index (χ1n) is 22.3. The maximum absolute atomic E-state index is 12.0. The number of anilines is 8. The molecular weight excluding hydrogens is 949 g/mol. The SMILES string of the molecule is CS(=O)(=O)N(CC#N)c1ccc(-c2csc3cnc(Nc4ccc(N5CCOCC5)cc4)nc23)cc1.Cn1cc(-c2cccc(NS(C)(=O)=O)c2)c2nc(Nc3ccc(N4CCOCC4)cc3)ncc21. The Morgan fingerprint density at radius 3 is 1.83 bits per heavy atom. The van der Waals surface area contributed by atoms with E-state index in [0.29, 0.717) is 23.3 Å². The van der Waals surface area contributed by atoms with Crippen molar-refractivity contribution in [2.45, 2.75) is 0 Å². The lowest BCUT2D eigenvalue weighted by Gasteiger charge is -2.28. The number of nitrogens with one attached hydrogen (secondary N) is 3. The Morgan fingerprint density at radius 2 is 1.27 bits per heavy atom. The Kier molecular flexibility index (Phi) is 14.1. The second kappa shape index (κ2) is 20.7. The van der Waals surface area contributed by atoms with Gasteiger partial charge in [-0.3, -0.25) is 9.03 Å². The number of sulfonamides is 2. The highest BCUT2D eigenvalue weighted by Gasteiger charge is 2.19. The smallest absolute Gasteiger partial charge is 0.233 e. The summed E-state index contributed by atoms with van der Waals surface area (Å²) in [6.45, 7) is 6.31. The zero-order chi connectivity index (χ0) is 48.8. The Bertz CT molecular complexity index is 3390. The van der Waals surface area contributed by atoms with Crippen LogP contribution in [0.1, 0.15) is 0 Å². The van der Waals surface area contributed by atoms with E-state index in [1.54, 1.807) is 48.0 Å². The minimum atomic E-state index is -3.55. The first-order valence-corrected chi connectivity index (χ1v) is 26.9. The van der Waals surface area contributed by atoms with E-state index in [4.69, 9.17) is 24.7 Å². The summed E-state index contributed by atoms with van der Waals surface area (Å²) in [5, 5.41) is 17.6. The number of rotatable bonds is 13. The molecule has 3 N–H and O–H groups in total. The van der Waals surface area contributed by atoms with E-state index in [-0.39, 0.29) is 6.54 Å². The highest BCUT2D eigenvalue weighted by Crippen LogP contribution is 2.35. The minimum Gasteiger partial charge on any atom is -0.378 e. The van der Waals surface area contributed by atoms with Gasteiger partial charge in [0.1, 0.15) is 12.1 Å². The zero-order valence-electron chi connectivity index (χ0n) is 38.6. The maximum atomic E-state index is 12.0. The van der Waals surface area contributed by atoms with Gasteiger partial charge in [-0.25, -0.2) is 36.8 Å². The van der Waals surface area contributed by atoms with E-state index >= 15 is 0 Å². The highest BCUT2D eigenvalue weighted by molar-refractivity contribution is 7.92. The minimum absolute atomic E-state index is 0.241. The van der Waals surface area contributed by atoms with Crippen LogP contribution in [0.15, 0.2) is 121 Å². The Labute approximate surface area is 410 Å². The fraction of sp³-hybridized carbons (Fsp3) is 0.245. The predicted molar refractivity (Wildman–Crippen MR) is 279 cm³/mol. The summed E-state index contributed by atoms with van der Waals surface area (Å²) in [4.78, 5) is 23.1. The van der Waals surface area contributed by atoms with Gasteiger partial charge in [0.05, 0.1) is 78.8 Å². The van der Waals surface area contributed by atoms with Crippen LogP contribution in [0.5, 0.6) is 0 Å². The summed E-state index contributed by atoms with van der Waals surface area (Å²) < 4.78 is 64.7. The molecule has 4 aromatic heterocycles. The van der Waals surface area contributed by atoms with Crippen LogP contribution in [-0.4, -0.2) is 113 Å². The fourth-order valence-corrected chi connectivity index (χ4v) is 10.4. The number of hydrogen-bond acceptors (Lipinski definition) is 16. The fourth-order valence-electron chi connectivity index (χ4n) is 8.17. The van der Waals surface area contributed by atoms with E-state index in [9.17, 15) is 16.8 Å². The van der Waals surface area contributed by atoms with Crippen molar-refractivity contribution in [3.63, 3.8) is 0 Å². The molecule has 0 atom stereocenters. The third kappa shape index (κ3) is 11.4. The quantitative estimate of drug-likeness (QED) is 0.0940. The third-order valence-corrected chi connectivity index (χ3v) is 14.3. The summed E-state index contributed by atoms with van der Waals surface area (Å²) in [5.74, 6) is 0.986. The zero-order valence-corrected chi connectivity index (χ0v) is 41.1. The molecule has 2 aliphatic rings. The molecule has 0 bridgehead atoms. The average Bonchev–Trinajstić information content (AvgIpc) is 3.94. The van der Waals surface area contributed by atoms with Gasteiger partial charge in [0.25, 0.3) is 0 Å². The number of nitrogens with zero attached hydrogens (tertiary/aromatic N) is 9. The molecule has 0 radical (unpaired) electrons. The van der Waals surface area contributed by atoms with Crippen LogP contribution in [0.4, 0.5) is 46.0 Å². The number of benzene rings is 4. The lowest BCUT2D eigenvalue weighted by Crippen LogP contribution is -2.36. The summed E-state index contributed by atoms with van der Waals surface area (Å²) in [6.07, 6.45) is 7.78. The second-order valence-electron chi connectivity index (χ2n) is 16.6. The molecular formula is C49H50N12O6S3. The number of fused-ring (bicyclic) bond motifs is 2. The van der Waals surface area contributed by atoms with Crippen LogP contribution in [0.2, 0.25) is 0 Å². The van der Waals surface area contributed by atoms with Gasteiger partial charge < -0.3 is 34.5 Å². The van der Waals surface area contributed by atoms with Gasteiger partial charge in [-0.1, -0.05) is 24.3 Å². The number of aromatic nitrogens is 5. The molecule has 360 valence electrons. The molecule has 0 saturated carbocycles. The van der Waals surface area contributed by atoms with E-state index in [1.165, 1.54) is 0 Å². The number of hydrogen-bond donors (Lipinski definition) is 3. The van der Waals surface area contributed by atoms with Gasteiger partial charge in [-0.05, 0) is 83.9 Å². The Morgan fingerprint density at radius 1 is 0.700 bits per heavy atom. The standard InChI is InChI=1S/C25H24N6O3S2.C24H26N6O3S/c1-36(32,33)31(11-10-26)21-6-2-18(3-7-21)22-17-35-23-16-27-25(29-24(22)23)28-19-4-8-20(9-5-19)30-12-14-34-15-13-30;1-29-16-21(17-4-3-5-19(14-17)28-34(2,31)32)23-22(29)15-25-24(27-23)26-18-6-8-20(9-7-18)30-10-12-33-13-11-30/h2-9,16-17H,11-15H2,1H3,(H,27,28,29);3-9,14-16,28H,10-13H2,1-2H3,(H,25,26,27). The van der Waals surface area contributed by atoms with Gasteiger partial charge in [0.2, 0.25) is 31.9 Å². The van der Waals surface area contributed by atoms with Crippen molar-refractivity contribution in [2.75, 3.05) is 101 Å². The van der Waals surface area contributed by atoms with Crippen LogP contribution < -0.4 is 29.5 Å². The van der Waals surface area contributed by atoms with Crippen molar-refractivity contribution in [1.29, 1.82) is 5.26 Å². The molecule has 2 saturated heterocycles.